The van der Waals surface area contributed by atoms with Crippen molar-refractivity contribution in [2.24, 2.45) is 5.41 Å². The molecule has 4 heteroatoms. The molecule has 0 unspecified atom stereocenters. The molecule has 0 atom stereocenters. The number of hydrogen-bond acceptors (Lipinski definition) is 2. The topological polar surface area (TPSA) is 49.3 Å². The summed E-state index contributed by atoms with van der Waals surface area (Å²) >= 11 is 0. The third-order valence-corrected chi connectivity index (χ3v) is 2.94. The molecule has 0 saturated carbocycles. The Balaban J connectivity index is 0.00000361. The summed E-state index contributed by atoms with van der Waals surface area (Å²) in [6.07, 6.45) is 1.08. The lowest BCUT2D eigenvalue weighted by molar-refractivity contribution is 0.0697. The Morgan fingerprint density at radius 2 is 1.60 bits per heavy atom. The fraction of sp³-hybridized carbons (Fsp3) is 0.562. The van der Waals surface area contributed by atoms with Crippen LogP contribution in [0, 0.1) is 5.41 Å². The van der Waals surface area contributed by atoms with Crippen molar-refractivity contribution in [3.05, 3.63) is 35.4 Å². The summed E-state index contributed by atoms with van der Waals surface area (Å²) in [7, 11) is 0. The van der Waals surface area contributed by atoms with Crippen LogP contribution >= 0.6 is 12.4 Å². The summed E-state index contributed by atoms with van der Waals surface area (Å²) in [6.45, 7) is 11.9. The van der Waals surface area contributed by atoms with Crippen LogP contribution < -0.4 is 5.32 Å². The summed E-state index contributed by atoms with van der Waals surface area (Å²) in [5.41, 5.74) is 1.78. The van der Waals surface area contributed by atoms with Crippen LogP contribution in [0.4, 0.5) is 0 Å². The predicted molar refractivity (Wildman–Crippen MR) is 85.6 cm³/mol. The normalized spacial score (nSPS) is 11.8. The quantitative estimate of drug-likeness (QED) is 0.860. The molecule has 0 aliphatic heterocycles. The average Bonchev–Trinajstić information content (AvgIpc) is 2.24. The van der Waals surface area contributed by atoms with E-state index < -0.39 is 5.97 Å². The highest BCUT2D eigenvalue weighted by atomic mass is 35.5. The molecule has 1 aromatic rings. The molecule has 0 bridgehead atoms. The fourth-order valence-electron chi connectivity index (χ4n) is 2.49. The zero-order valence-corrected chi connectivity index (χ0v) is 13.8. The molecule has 0 amide bonds. The summed E-state index contributed by atoms with van der Waals surface area (Å²) in [5.74, 6) is -0.882. The first-order chi connectivity index (χ1) is 8.59. The highest BCUT2D eigenvalue weighted by Gasteiger charge is 2.24. The maximum atomic E-state index is 10.8. The van der Waals surface area contributed by atoms with Crippen LogP contribution in [-0.2, 0) is 6.54 Å². The number of rotatable bonds is 5. The molecule has 2 N–H and O–H groups in total. The van der Waals surface area contributed by atoms with Gasteiger partial charge in [0.2, 0.25) is 0 Å². The first kappa shape index (κ1) is 18.9. The summed E-state index contributed by atoms with van der Waals surface area (Å²) in [4.78, 5) is 10.8. The zero-order valence-electron chi connectivity index (χ0n) is 13.0. The van der Waals surface area contributed by atoms with E-state index in [-0.39, 0.29) is 23.4 Å². The Hall–Kier alpha value is -1.06. The molecular weight excluding hydrogens is 274 g/mol. The van der Waals surface area contributed by atoms with Gasteiger partial charge in [0.25, 0.3) is 0 Å². The van der Waals surface area contributed by atoms with E-state index in [1.165, 1.54) is 0 Å². The van der Waals surface area contributed by atoms with Crippen LogP contribution in [0.2, 0.25) is 0 Å². The number of nitrogens with one attached hydrogen (secondary N) is 1. The van der Waals surface area contributed by atoms with E-state index in [0.29, 0.717) is 5.56 Å². The average molecular weight is 300 g/mol. The van der Waals surface area contributed by atoms with E-state index >= 15 is 0 Å². The minimum Gasteiger partial charge on any atom is -0.478 e. The highest BCUT2D eigenvalue weighted by Crippen LogP contribution is 2.27. The van der Waals surface area contributed by atoms with Crippen LogP contribution in [0.3, 0.4) is 0 Å². The lowest BCUT2D eigenvalue weighted by Crippen LogP contribution is -2.41. The molecule has 0 spiro atoms. The van der Waals surface area contributed by atoms with Gasteiger partial charge in [-0.25, -0.2) is 4.79 Å². The molecule has 3 nitrogen and oxygen atoms in total. The van der Waals surface area contributed by atoms with Gasteiger partial charge in [-0.2, -0.15) is 0 Å². The summed E-state index contributed by atoms with van der Waals surface area (Å²) < 4.78 is 0. The van der Waals surface area contributed by atoms with Crippen LogP contribution in [0.5, 0.6) is 0 Å². The zero-order chi connectivity index (χ0) is 14.7. The number of carboxylic acid groups (broad SMARTS) is 1. The standard InChI is InChI=1S/C16H25NO2.ClH/c1-15(2,3)11-16(4,5)17-10-12-6-8-13(9-7-12)14(18)19;/h6-9,17H,10-11H2,1-5H3,(H,18,19);1H. The van der Waals surface area contributed by atoms with Crippen molar-refractivity contribution in [2.45, 2.75) is 53.1 Å². The van der Waals surface area contributed by atoms with Gasteiger partial charge in [0.1, 0.15) is 0 Å². The highest BCUT2D eigenvalue weighted by molar-refractivity contribution is 5.87. The second-order valence-corrected chi connectivity index (χ2v) is 6.98. The van der Waals surface area contributed by atoms with Gasteiger partial charge in [-0.1, -0.05) is 32.9 Å². The summed E-state index contributed by atoms with van der Waals surface area (Å²) in [5, 5.41) is 12.4. The van der Waals surface area contributed by atoms with Crippen LogP contribution in [0.25, 0.3) is 0 Å². The number of aromatic carboxylic acids is 1. The van der Waals surface area contributed by atoms with Gasteiger partial charge in [-0.3, -0.25) is 0 Å². The van der Waals surface area contributed by atoms with Crippen molar-refractivity contribution >= 4 is 18.4 Å². The van der Waals surface area contributed by atoms with Crippen molar-refractivity contribution in [2.75, 3.05) is 0 Å². The lowest BCUT2D eigenvalue weighted by atomic mass is 9.82. The third kappa shape index (κ3) is 6.92. The van der Waals surface area contributed by atoms with Crippen molar-refractivity contribution in [3.8, 4) is 0 Å². The van der Waals surface area contributed by atoms with Crippen molar-refractivity contribution in [1.29, 1.82) is 0 Å². The van der Waals surface area contributed by atoms with Gasteiger partial charge in [-0.15, -0.1) is 12.4 Å². The Bertz CT molecular complexity index is 433. The Morgan fingerprint density at radius 3 is 2.00 bits per heavy atom. The summed E-state index contributed by atoms with van der Waals surface area (Å²) in [6, 6.07) is 7.03. The van der Waals surface area contributed by atoms with Crippen LogP contribution in [0.15, 0.2) is 24.3 Å². The van der Waals surface area contributed by atoms with E-state index in [4.69, 9.17) is 5.11 Å². The van der Waals surface area contributed by atoms with Gasteiger partial charge in [0.15, 0.2) is 0 Å². The molecule has 20 heavy (non-hydrogen) atoms. The van der Waals surface area contributed by atoms with E-state index in [2.05, 4.69) is 39.9 Å². The van der Waals surface area contributed by atoms with Crippen LogP contribution in [-0.4, -0.2) is 16.6 Å². The molecule has 0 aliphatic rings. The largest absolute Gasteiger partial charge is 0.478 e. The van der Waals surface area contributed by atoms with Crippen LogP contribution in [0.1, 0.15) is 57.0 Å². The van der Waals surface area contributed by atoms with E-state index in [1.54, 1.807) is 12.1 Å². The van der Waals surface area contributed by atoms with E-state index in [0.717, 1.165) is 18.5 Å². The number of carboxylic acids is 1. The monoisotopic (exact) mass is 299 g/mol. The van der Waals surface area contributed by atoms with E-state index in [9.17, 15) is 4.79 Å². The minimum absolute atomic E-state index is 0. The number of halogens is 1. The Labute approximate surface area is 128 Å². The lowest BCUT2D eigenvalue weighted by Gasteiger charge is -2.33. The third-order valence-electron chi connectivity index (χ3n) is 2.94. The molecule has 0 heterocycles. The molecular formula is C16H26ClNO2. The van der Waals surface area contributed by atoms with Gasteiger partial charge in [-0.05, 0) is 43.4 Å². The first-order valence-electron chi connectivity index (χ1n) is 6.66. The van der Waals surface area contributed by atoms with E-state index in [1.807, 2.05) is 12.1 Å². The molecule has 0 aromatic heterocycles. The second kappa shape index (κ2) is 7.09. The van der Waals surface area contributed by atoms with Crippen molar-refractivity contribution < 1.29 is 9.90 Å². The molecule has 1 aromatic carbocycles. The van der Waals surface area contributed by atoms with Gasteiger partial charge < -0.3 is 10.4 Å². The maximum Gasteiger partial charge on any atom is 0.335 e. The van der Waals surface area contributed by atoms with Crippen molar-refractivity contribution in [3.63, 3.8) is 0 Å². The number of benzene rings is 1. The molecule has 1 rings (SSSR count). The SMILES string of the molecule is CC(C)(C)CC(C)(C)NCc1ccc(C(=O)O)cc1.Cl. The first-order valence-corrected chi connectivity index (χ1v) is 6.66. The predicted octanol–water partition coefficient (Wildman–Crippen LogP) is 4.11. The minimum atomic E-state index is -0.882. The number of carbonyl (C=O) groups is 1. The molecule has 0 aliphatic carbocycles. The Kier molecular flexibility index (Phi) is 6.72. The van der Waals surface area contributed by atoms with Gasteiger partial charge >= 0.3 is 5.97 Å². The smallest absolute Gasteiger partial charge is 0.335 e. The number of hydrogen-bond donors (Lipinski definition) is 2. The molecule has 114 valence electrons. The fourth-order valence-corrected chi connectivity index (χ4v) is 2.49. The van der Waals surface area contributed by atoms with Gasteiger partial charge in [0, 0.05) is 12.1 Å². The molecule has 0 radical (unpaired) electrons. The maximum absolute atomic E-state index is 10.8. The van der Waals surface area contributed by atoms with Gasteiger partial charge in [0.05, 0.1) is 5.56 Å². The van der Waals surface area contributed by atoms with Crippen molar-refractivity contribution in [1.82, 2.24) is 5.32 Å². The Morgan fingerprint density at radius 1 is 1.10 bits per heavy atom. The molecule has 0 fully saturated rings. The second-order valence-electron chi connectivity index (χ2n) is 6.98. The molecule has 0 saturated heterocycles.